The fourth-order valence-corrected chi connectivity index (χ4v) is 1.81. The molecule has 0 aliphatic heterocycles. The number of hydrogen-bond acceptors (Lipinski definition) is 7. The highest BCUT2D eigenvalue weighted by Gasteiger charge is 2.20. The van der Waals surface area contributed by atoms with Crippen LogP contribution in [0.2, 0.25) is 0 Å². The highest BCUT2D eigenvalue weighted by Crippen LogP contribution is 2.21. The summed E-state index contributed by atoms with van der Waals surface area (Å²) in [4.78, 5) is 32.3. The summed E-state index contributed by atoms with van der Waals surface area (Å²) in [6.07, 6.45) is 0. The number of anilines is 2. The van der Waals surface area contributed by atoms with Crippen molar-refractivity contribution in [2.75, 3.05) is 10.0 Å². The van der Waals surface area contributed by atoms with Crippen LogP contribution < -0.4 is 21.7 Å². The summed E-state index contributed by atoms with van der Waals surface area (Å²) in [6, 6.07) is 9.09. The van der Waals surface area contributed by atoms with Gasteiger partial charge < -0.3 is 0 Å². The lowest BCUT2D eigenvalue weighted by atomic mass is 10.2. The summed E-state index contributed by atoms with van der Waals surface area (Å²) >= 11 is 0. The fraction of sp³-hybridized carbons (Fsp3) is 0. The van der Waals surface area contributed by atoms with Gasteiger partial charge >= 0.3 is 6.03 Å². The van der Waals surface area contributed by atoms with E-state index in [2.05, 4.69) is 0 Å². The van der Waals surface area contributed by atoms with Crippen molar-refractivity contribution in [1.29, 1.82) is 0 Å². The Kier molecular flexibility index (Phi) is 4.68. The Morgan fingerprint density at radius 3 is 1.29 bits per heavy atom. The van der Waals surface area contributed by atoms with Crippen LogP contribution in [0.25, 0.3) is 0 Å². The van der Waals surface area contributed by atoms with Crippen molar-refractivity contribution in [3.8, 4) is 0 Å². The maximum Gasteiger partial charge on any atom is 0.357 e. The third-order valence-electron chi connectivity index (χ3n) is 3.09. The molecule has 2 amide bonds. The first kappa shape index (κ1) is 16.8. The largest absolute Gasteiger partial charge is 0.357 e. The number of nitro groups is 2. The van der Waals surface area contributed by atoms with Gasteiger partial charge in [-0.05, 0) is 24.3 Å². The van der Waals surface area contributed by atoms with Crippen molar-refractivity contribution in [2.24, 2.45) is 11.7 Å². The first-order chi connectivity index (χ1) is 11.3. The molecule has 0 heterocycles. The van der Waals surface area contributed by atoms with Crippen LogP contribution in [0, 0.1) is 20.2 Å². The summed E-state index contributed by atoms with van der Waals surface area (Å²) in [5, 5.41) is 22.6. The maximum atomic E-state index is 12.2. The molecule has 4 N–H and O–H groups in total. The van der Waals surface area contributed by atoms with Crippen LogP contribution in [0.1, 0.15) is 0 Å². The number of carbonyl (C=O) groups excluding carboxylic acids is 1. The van der Waals surface area contributed by atoms with Gasteiger partial charge in [0.2, 0.25) is 0 Å². The smallest absolute Gasteiger partial charge is 0.258 e. The molecule has 124 valence electrons. The molecule has 0 radical (unpaired) electrons. The first-order valence-corrected chi connectivity index (χ1v) is 6.44. The van der Waals surface area contributed by atoms with Crippen LogP contribution in [0.5, 0.6) is 0 Å². The van der Waals surface area contributed by atoms with Crippen molar-refractivity contribution in [2.45, 2.75) is 0 Å². The fourth-order valence-electron chi connectivity index (χ4n) is 1.81. The number of nitrogens with two attached hydrogens (primary N) is 2. The first-order valence-electron chi connectivity index (χ1n) is 6.44. The molecule has 2 aromatic rings. The molecular formula is C13H12N6O5. The molecule has 0 aromatic heterocycles. The number of hydrazine groups is 2. The number of urea groups is 1. The molecule has 2 aromatic carbocycles. The van der Waals surface area contributed by atoms with E-state index in [1.165, 1.54) is 48.5 Å². The molecule has 0 atom stereocenters. The van der Waals surface area contributed by atoms with E-state index < -0.39 is 15.9 Å². The molecule has 0 saturated heterocycles. The zero-order valence-electron chi connectivity index (χ0n) is 12.1. The Labute approximate surface area is 134 Å². The van der Waals surface area contributed by atoms with Crippen molar-refractivity contribution in [1.82, 2.24) is 0 Å². The standard InChI is InChI=1S/C13H12N6O5/c14-16(9-1-5-11(6-2-9)18(21)22)13(20)17(15)10-3-7-12(8-4-10)19(23)24/h1-8H,14-15H2. The van der Waals surface area contributed by atoms with Gasteiger partial charge in [-0.15, -0.1) is 0 Å². The minimum Gasteiger partial charge on any atom is -0.258 e. The minimum atomic E-state index is -0.835. The third kappa shape index (κ3) is 3.43. The van der Waals surface area contributed by atoms with Crippen LogP contribution in [0.15, 0.2) is 48.5 Å². The number of nitrogens with zero attached hydrogens (tertiary/aromatic N) is 4. The van der Waals surface area contributed by atoms with Crippen molar-refractivity contribution in [3.05, 3.63) is 68.8 Å². The highest BCUT2D eigenvalue weighted by atomic mass is 16.6. The van der Waals surface area contributed by atoms with Crippen LogP contribution in [0.4, 0.5) is 27.5 Å². The molecule has 0 saturated carbocycles. The Balaban J connectivity index is 2.16. The lowest BCUT2D eigenvalue weighted by Crippen LogP contribution is -2.50. The zero-order chi connectivity index (χ0) is 17.9. The molecule has 0 aliphatic rings. The number of nitro benzene ring substituents is 2. The molecular weight excluding hydrogens is 320 g/mol. The third-order valence-corrected chi connectivity index (χ3v) is 3.09. The predicted molar refractivity (Wildman–Crippen MR) is 84.9 cm³/mol. The van der Waals surface area contributed by atoms with E-state index in [-0.39, 0.29) is 22.7 Å². The van der Waals surface area contributed by atoms with Crippen molar-refractivity contribution in [3.63, 3.8) is 0 Å². The maximum absolute atomic E-state index is 12.2. The normalized spacial score (nSPS) is 10.1. The molecule has 0 bridgehead atoms. The van der Waals surface area contributed by atoms with Crippen LogP contribution in [-0.4, -0.2) is 15.9 Å². The quantitative estimate of drug-likeness (QED) is 0.372. The van der Waals surface area contributed by atoms with E-state index in [4.69, 9.17) is 11.7 Å². The lowest BCUT2D eigenvalue weighted by Gasteiger charge is -2.23. The Hall–Kier alpha value is -3.57. The van der Waals surface area contributed by atoms with Crippen molar-refractivity contribution >= 4 is 28.8 Å². The Bertz CT molecular complexity index is 711. The highest BCUT2D eigenvalue weighted by molar-refractivity contribution is 6.01. The number of rotatable bonds is 4. The lowest BCUT2D eigenvalue weighted by molar-refractivity contribution is -0.385. The molecule has 0 unspecified atom stereocenters. The number of carbonyl (C=O) groups is 1. The summed E-state index contributed by atoms with van der Waals surface area (Å²) in [5.74, 6) is 11.3. The number of amides is 2. The average molecular weight is 332 g/mol. The SMILES string of the molecule is NN(C(=O)N(N)c1ccc([N+](=O)[O-])cc1)c1ccc([N+](=O)[O-])cc1. The number of benzene rings is 2. The molecule has 0 fully saturated rings. The topological polar surface area (TPSA) is 162 Å². The van der Waals surface area contributed by atoms with Gasteiger partial charge in [-0.3, -0.25) is 20.2 Å². The second kappa shape index (κ2) is 6.68. The monoisotopic (exact) mass is 332 g/mol. The molecule has 0 spiro atoms. The minimum absolute atomic E-state index is 0.153. The van der Waals surface area contributed by atoms with Gasteiger partial charge in [0.25, 0.3) is 11.4 Å². The number of hydrogen-bond donors (Lipinski definition) is 2. The van der Waals surface area contributed by atoms with Crippen LogP contribution in [-0.2, 0) is 0 Å². The van der Waals surface area contributed by atoms with Crippen LogP contribution in [0.3, 0.4) is 0 Å². The number of non-ortho nitro benzene ring substituents is 2. The summed E-state index contributed by atoms with van der Waals surface area (Å²) in [5.41, 5.74) is 0.0602. The van der Waals surface area contributed by atoms with E-state index in [1.54, 1.807) is 0 Å². The second-order valence-electron chi connectivity index (χ2n) is 4.57. The molecule has 0 aliphatic carbocycles. The van der Waals surface area contributed by atoms with Crippen LogP contribution >= 0.6 is 0 Å². The van der Waals surface area contributed by atoms with Crippen molar-refractivity contribution < 1.29 is 14.6 Å². The van der Waals surface area contributed by atoms with E-state index in [1.807, 2.05) is 0 Å². The summed E-state index contributed by atoms with van der Waals surface area (Å²) in [6.45, 7) is 0. The van der Waals surface area contributed by atoms with E-state index in [0.717, 1.165) is 0 Å². The molecule has 2 rings (SSSR count). The zero-order valence-corrected chi connectivity index (χ0v) is 12.1. The Morgan fingerprint density at radius 1 is 0.750 bits per heavy atom. The molecule has 11 nitrogen and oxygen atoms in total. The van der Waals surface area contributed by atoms with E-state index in [0.29, 0.717) is 10.0 Å². The van der Waals surface area contributed by atoms with Gasteiger partial charge in [0.15, 0.2) is 0 Å². The van der Waals surface area contributed by atoms with Gasteiger partial charge in [0.05, 0.1) is 21.2 Å². The average Bonchev–Trinajstić information content (AvgIpc) is 2.60. The van der Waals surface area contributed by atoms with Gasteiger partial charge in [0, 0.05) is 24.3 Å². The second-order valence-corrected chi connectivity index (χ2v) is 4.57. The summed E-state index contributed by atoms with van der Waals surface area (Å²) in [7, 11) is 0. The van der Waals surface area contributed by atoms with E-state index in [9.17, 15) is 25.0 Å². The van der Waals surface area contributed by atoms with Gasteiger partial charge in [0.1, 0.15) is 0 Å². The molecule has 11 heteroatoms. The van der Waals surface area contributed by atoms with Gasteiger partial charge in [-0.2, -0.15) is 0 Å². The Morgan fingerprint density at radius 2 is 1.04 bits per heavy atom. The molecule has 24 heavy (non-hydrogen) atoms. The van der Waals surface area contributed by atoms with E-state index >= 15 is 0 Å². The predicted octanol–water partition coefficient (Wildman–Crippen LogP) is 1.68. The van der Waals surface area contributed by atoms with Gasteiger partial charge in [-0.25, -0.2) is 26.5 Å². The summed E-state index contributed by atoms with van der Waals surface area (Å²) < 4.78 is 0. The van der Waals surface area contributed by atoms with Gasteiger partial charge in [-0.1, -0.05) is 0 Å².